The summed E-state index contributed by atoms with van der Waals surface area (Å²) in [6.07, 6.45) is 3.94. The van der Waals surface area contributed by atoms with Gasteiger partial charge in [-0.2, -0.15) is 0 Å². The number of ether oxygens (including phenoxy) is 3. The lowest BCUT2D eigenvalue weighted by atomic mass is 9.94. The number of methoxy groups -OCH3 is 1. The Morgan fingerprint density at radius 3 is 2.72 bits per heavy atom. The van der Waals surface area contributed by atoms with E-state index in [1.54, 1.807) is 31.6 Å². The van der Waals surface area contributed by atoms with E-state index in [2.05, 4.69) is 9.88 Å². The fourth-order valence-corrected chi connectivity index (χ4v) is 6.11. The van der Waals surface area contributed by atoms with E-state index in [-0.39, 0.29) is 16.8 Å². The molecule has 36 heavy (non-hydrogen) atoms. The lowest BCUT2D eigenvalue weighted by Gasteiger charge is -2.45. The molecule has 9 heteroatoms. The summed E-state index contributed by atoms with van der Waals surface area (Å²) < 4.78 is 19.2. The minimum absolute atomic E-state index is 0.146. The van der Waals surface area contributed by atoms with Crippen molar-refractivity contribution in [1.29, 1.82) is 0 Å². The molecule has 1 N–H and O–H groups in total. The molecule has 0 unspecified atom stereocenters. The minimum atomic E-state index is -0.146. The van der Waals surface area contributed by atoms with Crippen molar-refractivity contribution in [2.45, 2.75) is 18.4 Å². The van der Waals surface area contributed by atoms with Gasteiger partial charge < -0.3 is 19.3 Å². The zero-order valence-corrected chi connectivity index (χ0v) is 20.8. The molecule has 2 aliphatic heterocycles. The highest BCUT2D eigenvalue weighted by molar-refractivity contribution is 7.22. The van der Waals surface area contributed by atoms with Crippen molar-refractivity contribution >= 4 is 21.6 Å². The Morgan fingerprint density at radius 2 is 1.97 bits per heavy atom. The predicted octanol–water partition coefficient (Wildman–Crippen LogP) is 4.07. The number of aromatic nitrogens is 2. The van der Waals surface area contributed by atoms with E-state index < -0.39 is 0 Å². The van der Waals surface area contributed by atoms with Crippen LogP contribution < -0.4 is 15.0 Å². The van der Waals surface area contributed by atoms with Crippen molar-refractivity contribution in [3.8, 4) is 33.4 Å². The summed E-state index contributed by atoms with van der Waals surface area (Å²) in [4.78, 5) is 21.2. The first-order valence-electron chi connectivity index (χ1n) is 12.0. The maximum absolute atomic E-state index is 13.3. The third-order valence-electron chi connectivity index (χ3n) is 7.12. The normalized spacial score (nSPS) is 16.9. The van der Waals surface area contributed by atoms with E-state index in [0.717, 1.165) is 36.7 Å². The van der Waals surface area contributed by atoms with Crippen molar-refractivity contribution < 1.29 is 19.3 Å². The molecular formula is C27H27N3O5S. The maximum Gasteiger partial charge on any atom is 0.275 e. The first kappa shape index (κ1) is 23.0. The molecule has 2 aromatic heterocycles. The van der Waals surface area contributed by atoms with Crippen molar-refractivity contribution in [3.63, 3.8) is 0 Å². The molecule has 0 saturated carbocycles. The van der Waals surface area contributed by atoms with E-state index in [9.17, 15) is 9.90 Å². The molecule has 0 aliphatic carbocycles. The molecule has 8 nitrogen and oxygen atoms in total. The lowest BCUT2D eigenvalue weighted by molar-refractivity contribution is -0.124. The van der Waals surface area contributed by atoms with Crippen LogP contribution in [-0.2, 0) is 4.74 Å². The number of rotatable bonds is 7. The van der Waals surface area contributed by atoms with E-state index in [0.29, 0.717) is 34.0 Å². The van der Waals surface area contributed by atoms with Gasteiger partial charge in [0.1, 0.15) is 23.4 Å². The third-order valence-corrected chi connectivity index (χ3v) is 8.28. The quantitative estimate of drug-likeness (QED) is 0.405. The summed E-state index contributed by atoms with van der Waals surface area (Å²) in [6.45, 7) is 4.12. The van der Waals surface area contributed by atoms with Crippen molar-refractivity contribution in [1.82, 2.24) is 14.5 Å². The van der Waals surface area contributed by atoms with Crippen LogP contribution in [0.2, 0.25) is 0 Å². The van der Waals surface area contributed by atoms with Gasteiger partial charge in [-0.15, -0.1) is 11.3 Å². The predicted molar refractivity (Wildman–Crippen MR) is 139 cm³/mol. The Labute approximate surface area is 212 Å². The summed E-state index contributed by atoms with van der Waals surface area (Å²) in [5, 5.41) is 9.55. The van der Waals surface area contributed by atoms with Gasteiger partial charge in [-0.25, -0.2) is 4.98 Å². The number of nitrogens with zero attached hydrogens (tertiary/aromatic N) is 3. The number of phenols is 1. The van der Waals surface area contributed by atoms with Crippen LogP contribution in [0.5, 0.6) is 17.2 Å². The second-order valence-corrected chi connectivity index (χ2v) is 10.3. The molecule has 186 valence electrons. The zero-order valence-electron chi connectivity index (χ0n) is 20.0. The van der Waals surface area contributed by atoms with Gasteiger partial charge in [-0.1, -0.05) is 0 Å². The molecular weight excluding hydrogens is 478 g/mol. The third kappa shape index (κ3) is 4.03. The van der Waals surface area contributed by atoms with Gasteiger partial charge in [-0.05, 0) is 67.4 Å². The SMILES string of the molecule is COc1cc(-n2cnc3cc(-c4ccc(O)cc4)sc3c2=O)ccc1OCCN1CCCC12COC2. The lowest BCUT2D eigenvalue weighted by Crippen LogP contribution is -2.59. The Hall–Kier alpha value is -3.40. The summed E-state index contributed by atoms with van der Waals surface area (Å²) in [7, 11) is 1.60. The number of aromatic hydroxyl groups is 1. The van der Waals surface area contributed by atoms with Crippen LogP contribution in [0.25, 0.3) is 26.3 Å². The van der Waals surface area contributed by atoms with Gasteiger partial charge in [0.25, 0.3) is 5.56 Å². The molecule has 0 atom stereocenters. The van der Waals surface area contributed by atoms with Crippen LogP contribution in [-0.4, -0.2) is 65.1 Å². The second-order valence-electron chi connectivity index (χ2n) is 9.28. The van der Waals surface area contributed by atoms with Gasteiger partial charge in [0, 0.05) is 17.5 Å². The standard InChI is InChI=1S/C27H27N3O5S/c1-33-23-13-19(5-8-22(23)35-12-11-29-10-2-9-27(29)15-34-16-27)30-17-28-21-14-24(36-25(21)26(30)32)18-3-6-20(31)7-4-18/h3-8,13-14,17,31H,2,9-12,15-16H2,1H3. The summed E-state index contributed by atoms with van der Waals surface area (Å²) in [5.74, 6) is 1.42. The van der Waals surface area contributed by atoms with Crippen LogP contribution in [0.15, 0.2) is 59.7 Å². The van der Waals surface area contributed by atoms with Gasteiger partial charge >= 0.3 is 0 Å². The molecule has 4 heterocycles. The molecule has 0 bridgehead atoms. The second kappa shape index (κ2) is 9.24. The smallest absolute Gasteiger partial charge is 0.275 e. The van der Waals surface area contributed by atoms with E-state index in [1.807, 2.05) is 30.3 Å². The molecule has 0 radical (unpaired) electrons. The number of thiophene rings is 1. The Kier molecular flexibility index (Phi) is 5.91. The van der Waals surface area contributed by atoms with E-state index >= 15 is 0 Å². The van der Waals surface area contributed by atoms with E-state index in [1.165, 1.54) is 28.7 Å². The molecule has 4 aromatic rings. The van der Waals surface area contributed by atoms with Crippen LogP contribution >= 0.6 is 11.3 Å². The topological polar surface area (TPSA) is 86.0 Å². The average Bonchev–Trinajstić information content (AvgIpc) is 3.50. The van der Waals surface area contributed by atoms with Gasteiger partial charge in [0.15, 0.2) is 11.5 Å². The zero-order chi connectivity index (χ0) is 24.7. The number of phenolic OH excluding ortho intramolecular Hbond substituents is 1. The monoisotopic (exact) mass is 505 g/mol. The summed E-state index contributed by atoms with van der Waals surface area (Å²) in [5.41, 5.74) is 2.30. The van der Waals surface area contributed by atoms with Crippen LogP contribution in [0, 0.1) is 0 Å². The van der Waals surface area contributed by atoms with Crippen molar-refractivity contribution in [3.05, 3.63) is 65.2 Å². The van der Waals surface area contributed by atoms with Gasteiger partial charge in [0.05, 0.1) is 37.1 Å². The number of benzene rings is 2. The highest BCUT2D eigenvalue weighted by atomic mass is 32.1. The molecule has 6 rings (SSSR count). The van der Waals surface area contributed by atoms with Gasteiger partial charge in [0.2, 0.25) is 0 Å². The fourth-order valence-electron chi connectivity index (χ4n) is 5.06. The Morgan fingerprint density at radius 1 is 1.14 bits per heavy atom. The Balaban J connectivity index is 1.22. The average molecular weight is 506 g/mol. The van der Waals surface area contributed by atoms with Crippen LogP contribution in [0.4, 0.5) is 0 Å². The van der Waals surface area contributed by atoms with Crippen molar-refractivity contribution in [2.24, 2.45) is 0 Å². The van der Waals surface area contributed by atoms with Crippen molar-refractivity contribution in [2.75, 3.05) is 40.0 Å². The highest BCUT2D eigenvalue weighted by Crippen LogP contribution is 2.36. The first-order valence-corrected chi connectivity index (χ1v) is 12.8. The van der Waals surface area contributed by atoms with E-state index in [4.69, 9.17) is 14.2 Å². The molecule has 2 aliphatic rings. The number of hydrogen-bond donors (Lipinski definition) is 1. The molecule has 1 spiro atoms. The highest BCUT2D eigenvalue weighted by Gasteiger charge is 2.46. The minimum Gasteiger partial charge on any atom is -0.508 e. The summed E-state index contributed by atoms with van der Waals surface area (Å²) in [6, 6.07) is 14.3. The maximum atomic E-state index is 13.3. The molecule has 2 aromatic carbocycles. The molecule has 2 fully saturated rings. The fraction of sp³-hybridized carbons (Fsp3) is 0.333. The van der Waals surface area contributed by atoms with Crippen LogP contribution in [0.1, 0.15) is 12.8 Å². The summed E-state index contributed by atoms with van der Waals surface area (Å²) >= 11 is 1.39. The Bertz CT molecular complexity index is 1460. The van der Waals surface area contributed by atoms with Gasteiger partial charge in [-0.3, -0.25) is 14.3 Å². The number of likely N-dealkylation sites (tertiary alicyclic amines) is 1. The number of fused-ring (bicyclic) bond motifs is 1. The molecule has 2 saturated heterocycles. The molecule has 0 amide bonds. The van der Waals surface area contributed by atoms with Crippen LogP contribution in [0.3, 0.4) is 0 Å². The first-order chi connectivity index (χ1) is 17.6. The number of hydrogen-bond acceptors (Lipinski definition) is 8. The largest absolute Gasteiger partial charge is 0.508 e.